The molecule has 1 heterocycles. The molecule has 1 atom stereocenters. The van der Waals surface area contributed by atoms with Gasteiger partial charge in [-0.25, -0.2) is 0 Å². The fourth-order valence-electron chi connectivity index (χ4n) is 2.17. The van der Waals surface area contributed by atoms with E-state index in [1.165, 1.54) is 11.0 Å². The first-order valence-electron chi connectivity index (χ1n) is 6.61. The monoisotopic (exact) mass is 302 g/mol. The van der Waals surface area contributed by atoms with E-state index in [0.717, 1.165) is 12.1 Å². The minimum absolute atomic E-state index is 0.114. The summed E-state index contributed by atoms with van der Waals surface area (Å²) in [7, 11) is 1.56. The molecule has 1 amide bonds. The third kappa shape index (κ3) is 4.18. The average molecular weight is 302 g/mol. The maximum Gasteiger partial charge on any atom is 0.416 e. The standard InChI is InChI=1S/C14H17F3N2O2/c1-19(13(20)12-8-18-5-6-21-12)9-10-3-2-4-11(7-10)14(15,16)17/h2-4,7,12,18H,5-6,8-9H2,1H3. The maximum absolute atomic E-state index is 12.6. The summed E-state index contributed by atoms with van der Waals surface area (Å²) >= 11 is 0. The number of amides is 1. The van der Waals surface area contributed by atoms with Gasteiger partial charge in [0.25, 0.3) is 5.91 Å². The number of rotatable bonds is 3. The molecule has 0 radical (unpaired) electrons. The van der Waals surface area contributed by atoms with Crippen LogP contribution in [0.15, 0.2) is 24.3 Å². The van der Waals surface area contributed by atoms with Gasteiger partial charge in [-0.2, -0.15) is 13.2 Å². The Morgan fingerprint density at radius 3 is 2.86 bits per heavy atom. The molecule has 0 aromatic heterocycles. The molecule has 4 nitrogen and oxygen atoms in total. The summed E-state index contributed by atoms with van der Waals surface area (Å²) in [6.45, 7) is 1.68. The highest BCUT2D eigenvalue weighted by Gasteiger charge is 2.31. The van der Waals surface area contributed by atoms with Crippen molar-refractivity contribution in [2.75, 3.05) is 26.7 Å². The zero-order valence-corrected chi connectivity index (χ0v) is 11.6. The van der Waals surface area contributed by atoms with Crippen molar-refractivity contribution in [3.8, 4) is 0 Å². The first kappa shape index (κ1) is 15.8. The van der Waals surface area contributed by atoms with Crippen molar-refractivity contribution in [1.29, 1.82) is 0 Å². The fourth-order valence-corrected chi connectivity index (χ4v) is 2.17. The molecule has 1 aromatic carbocycles. The molecule has 0 spiro atoms. The first-order chi connectivity index (χ1) is 9.88. The molecule has 0 saturated carbocycles. The molecule has 116 valence electrons. The number of alkyl halides is 3. The molecule has 1 saturated heterocycles. The van der Waals surface area contributed by atoms with Gasteiger partial charge in [-0.3, -0.25) is 4.79 Å². The van der Waals surface area contributed by atoms with Gasteiger partial charge in [-0.15, -0.1) is 0 Å². The second-order valence-electron chi connectivity index (χ2n) is 4.96. The van der Waals surface area contributed by atoms with Crippen molar-refractivity contribution in [1.82, 2.24) is 10.2 Å². The Labute approximate surface area is 120 Å². The number of likely N-dealkylation sites (N-methyl/N-ethyl adjacent to an activating group) is 1. The minimum atomic E-state index is -4.38. The van der Waals surface area contributed by atoms with Gasteiger partial charge >= 0.3 is 6.18 Å². The molecular weight excluding hydrogens is 285 g/mol. The smallest absolute Gasteiger partial charge is 0.366 e. The van der Waals surface area contributed by atoms with Crippen LogP contribution in [0, 0.1) is 0 Å². The van der Waals surface area contributed by atoms with Crippen molar-refractivity contribution in [2.45, 2.75) is 18.8 Å². The molecule has 7 heteroatoms. The quantitative estimate of drug-likeness (QED) is 0.923. The summed E-state index contributed by atoms with van der Waals surface area (Å²) in [5.74, 6) is -0.236. The first-order valence-corrected chi connectivity index (χ1v) is 6.61. The van der Waals surface area contributed by atoms with Gasteiger partial charge in [-0.1, -0.05) is 12.1 Å². The predicted octanol–water partition coefficient (Wildman–Crippen LogP) is 1.65. The highest BCUT2D eigenvalue weighted by atomic mass is 19.4. The Bertz CT molecular complexity index is 499. The van der Waals surface area contributed by atoms with Crippen molar-refractivity contribution >= 4 is 5.91 Å². The van der Waals surface area contributed by atoms with Crippen molar-refractivity contribution in [3.05, 3.63) is 35.4 Å². The number of halogens is 3. The lowest BCUT2D eigenvalue weighted by atomic mass is 10.1. The lowest BCUT2D eigenvalue weighted by Crippen LogP contribution is -2.48. The number of hydrogen-bond donors (Lipinski definition) is 1. The van der Waals surface area contributed by atoms with E-state index in [4.69, 9.17) is 4.74 Å². The van der Waals surface area contributed by atoms with Crippen LogP contribution in [0.1, 0.15) is 11.1 Å². The van der Waals surface area contributed by atoms with Gasteiger partial charge in [0, 0.05) is 26.7 Å². The van der Waals surface area contributed by atoms with Crippen LogP contribution in [0.3, 0.4) is 0 Å². The van der Waals surface area contributed by atoms with Crippen LogP contribution >= 0.6 is 0 Å². The number of ether oxygens (including phenoxy) is 1. The van der Waals surface area contributed by atoms with Crippen LogP contribution in [-0.2, 0) is 22.3 Å². The zero-order valence-electron chi connectivity index (χ0n) is 11.6. The van der Waals surface area contributed by atoms with Crippen LogP contribution in [0.25, 0.3) is 0 Å². The molecule has 1 aliphatic rings. The van der Waals surface area contributed by atoms with Crippen LogP contribution in [0.2, 0.25) is 0 Å². The van der Waals surface area contributed by atoms with E-state index >= 15 is 0 Å². The molecule has 0 bridgehead atoms. The summed E-state index contributed by atoms with van der Waals surface area (Å²) < 4.78 is 43.3. The number of hydrogen-bond acceptors (Lipinski definition) is 3. The molecule has 0 aliphatic carbocycles. The maximum atomic E-state index is 12.6. The topological polar surface area (TPSA) is 41.6 Å². The second kappa shape index (κ2) is 6.44. The molecule has 1 unspecified atom stereocenters. The fraction of sp³-hybridized carbons (Fsp3) is 0.500. The highest BCUT2D eigenvalue weighted by molar-refractivity contribution is 5.81. The average Bonchev–Trinajstić information content (AvgIpc) is 2.47. The van der Waals surface area contributed by atoms with Gasteiger partial charge < -0.3 is 15.0 Å². The van der Waals surface area contributed by atoms with Gasteiger partial charge in [0.1, 0.15) is 6.10 Å². The summed E-state index contributed by atoms with van der Waals surface area (Å²) in [5.41, 5.74) is -0.277. The van der Waals surface area contributed by atoms with Crippen molar-refractivity contribution in [2.24, 2.45) is 0 Å². The number of carbonyl (C=O) groups excluding carboxylic acids is 1. The number of morpholine rings is 1. The number of benzene rings is 1. The highest BCUT2D eigenvalue weighted by Crippen LogP contribution is 2.29. The Morgan fingerprint density at radius 2 is 2.24 bits per heavy atom. The van der Waals surface area contributed by atoms with E-state index in [1.807, 2.05) is 0 Å². The van der Waals surface area contributed by atoms with Crippen LogP contribution in [0.4, 0.5) is 13.2 Å². The third-order valence-electron chi connectivity index (χ3n) is 3.25. The third-order valence-corrected chi connectivity index (χ3v) is 3.25. The van der Waals surface area contributed by atoms with Crippen LogP contribution < -0.4 is 5.32 Å². The molecule has 1 aromatic rings. The van der Waals surface area contributed by atoms with E-state index in [-0.39, 0.29) is 12.5 Å². The largest absolute Gasteiger partial charge is 0.416 e. The summed E-state index contributed by atoms with van der Waals surface area (Å²) in [6, 6.07) is 4.98. The van der Waals surface area contributed by atoms with E-state index in [9.17, 15) is 18.0 Å². The molecular formula is C14H17F3N2O2. The number of carbonyl (C=O) groups is 1. The normalized spacial score (nSPS) is 19.3. The molecule has 1 N–H and O–H groups in total. The van der Waals surface area contributed by atoms with E-state index in [0.29, 0.717) is 25.3 Å². The Kier molecular flexibility index (Phi) is 4.84. The van der Waals surface area contributed by atoms with E-state index < -0.39 is 17.8 Å². The Hall–Kier alpha value is -1.60. The van der Waals surface area contributed by atoms with Gasteiger partial charge in [0.15, 0.2) is 0 Å². The summed E-state index contributed by atoms with van der Waals surface area (Å²) in [4.78, 5) is 13.5. The number of nitrogens with one attached hydrogen (secondary N) is 1. The van der Waals surface area contributed by atoms with Gasteiger partial charge in [-0.05, 0) is 17.7 Å². The van der Waals surface area contributed by atoms with E-state index in [1.54, 1.807) is 13.1 Å². The zero-order chi connectivity index (χ0) is 15.5. The lowest BCUT2D eigenvalue weighted by Gasteiger charge is -2.27. The molecule has 1 aliphatic heterocycles. The second-order valence-corrected chi connectivity index (χ2v) is 4.96. The summed E-state index contributed by atoms with van der Waals surface area (Å²) in [6.07, 6.45) is -4.95. The van der Waals surface area contributed by atoms with Gasteiger partial charge in [0.2, 0.25) is 0 Å². The number of nitrogens with zero attached hydrogens (tertiary/aromatic N) is 1. The Balaban J connectivity index is 2.02. The van der Waals surface area contributed by atoms with Crippen LogP contribution in [0.5, 0.6) is 0 Å². The minimum Gasteiger partial charge on any atom is -0.366 e. The Morgan fingerprint density at radius 1 is 1.48 bits per heavy atom. The van der Waals surface area contributed by atoms with Crippen LogP contribution in [-0.4, -0.2) is 43.7 Å². The molecule has 21 heavy (non-hydrogen) atoms. The predicted molar refractivity (Wildman–Crippen MR) is 70.5 cm³/mol. The molecule has 2 rings (SSSR count). The lowest BCUT2D eigenvalue weighted by molar-refractivity contribution is -0.144. The van der Waals surface area contributed by atoms with Crippen molar-refractivity contribution < 1.29 is 22.7 Å². The van der Waals surface area contributed by atoms with E-state index in [2.05, 4.69) is 5.32 Å². The van der Waals surface area contributed by atoms with Gasteiger partial charge in [0.05, 0.1) is 12.2 Å². The summed E-state index contributed by atoms with van der Waals surface area (Å²) in [5, 5.41) is 3.04. The SMILES string of the molecule is CN(Cc1cccc(C(F)(F)F)c1)C(=O)C1CNCCO1. The molecule has 1 fully saturated rings. The van der Waals surface area contributed by atoms with Crippen molar-refractivity contribution in [3.63, 3.8) is 0 Å².